The van der Waals surface area contributed by atoms with E-state index in [1.807, 2.05) is 0 Å². The van der Waals surface area contributed by atoms with Gasteiger partial charge in [-0.1, -0.05) is 135 Å². The first-order valence-electron chi connectivity index (χ1n) is 20.4. The van der Waals surface area contributed by atoms with Gasteiger partial charge in [-0.15, -0.1) is 0 Å². The summed E-state index contributed by atoms with van der Waals surface area (Å²) in [4.78, 5) is 10.6. The molecule has 0 unspecified atom stereocenters. The number of para-hydroxylation sites is 3. The van der Waals surface area contributed by atoms with Crippen molar-refractivity contribution in [2.45, 2.75) is 19.3 Å². The minimum absolute atomic E-state index is 0.162. The Kier molecular flexibility index (Phi) is 6.48. The molecule has 3 aromatic heterocycles. The summed E-state index contributed by atoms with van der Waals surface area (Å²) in [6.45, 7) is 4.76. The Morgan fingerprint density at radius 3 is 1.78 bits per heavy atom. The summed E-state index contributed by atoms with van der Waals surface area (Å²) >= 11 is 0. The molecule has 0 N–H and O–H groups in total. The number of nitrogens with zero attached hydrogens (tertiary/aromatic N) is 4. The Morgan fingerprint density at radius 2 is 0.983 bits per heavy atom. The van der Waals surface area contributed by atoms with Crippen molar-refractivity contribution in [3.05, 3.63) is 193 Å². The van der Waals surface area contributed by atoms with Crippen molar-refractivity contribution >= 4 is 70.9 Å². The average Bonchev–Trinajstić information content (AvgIpc) is 3.91. The Bertz CT molecular complexity index is 3770. The van der Waals surface area contributed by atoms with Crippen molar-refractivity contribution in [1.29, 1.82) is 0 Å². The van der Waals surface area contributed by atoms with Crippen LogP contribution in [-0.2, 0) is 5.41 Å². The molecule has 0 atom stereocenters. The molecule has 0 fully saturated rings. The van der Waals surface area contributed by atoms with E-state index < -0.39 is 0 Å². The fourth-order valence-corrected chi connectivity index (χ4v) is 10.1. The highest BCUT2D eigenvalue weighted by Gasteiger charge is 2.36. The van der Waals surface area contributed by atoms with E-state index in [0.717, 1.165) is 44.6 Å². The van der Waals surface area contributed by atoms with Gasteiger partial charge in [-0.3, -0.25) is 8.97 Å². The van der Waals surface area contributed by atoms with Crippen molar-refractivity contribution in [2.24, 2.45) is 0 Å². The zero-order valence-corrected chi connectivity index (χ0v) is 32.6. The molecule has 0 spiro atoms. The molecule has 9 aromatic carbocycles. The van der Waals surface area contributed by atoms with Crippen LogP contribution in [0, 0.1) is 0 Å². The van der Waals surface area contributed by atoms with Crippen LogP contribution in [0.1, 0.15) is 25.0 Å². The van der Waals surface area contributed by atoms with E-state index in [-0.39, 0.29) is 5.41 Å². The van der Waals surface area contributed by atoms with Crippen LogP contribution in [0.2, 0.25) is 0 Å². The molecule has 0 saturated heterocycles. The molecule has 4 nitrogen and oxygen atoms in total. The first kappa shape index (κ1) is 32.5. The van der Waals surface area contributed by atoms with E-state index in [2.05, 4.69) is 205 Å². The van der Waals surface area contributed by atoms with Crippen molar-refractivity contribution in [3.63, 3.8) is 0 Å². The average molecular weight is 753 g/mol. The van der Waals surface area contributed by atoms with Gasteiger partial charge in [-0.2, -0.15) is 0 Å². The van der Waals surface area contributed by atoms with Crippen molar-refractivity contribution in [3.8, 4) is 39.3 Å². The molecular weight excluding hydrogens is 717 g/mol. The van der Waals surface area contributed by atoms with Gasteiger partial charge in [-0.25, -0.2) is 9.97 Å². The van der Waals surface area contributed by atoms with Crippen LogP contribution in [0.3, 0.4) is 0 Å². The molecule has 0 saturated carbocycles. The fraction of sp³-hybridized carbons (Fsp3) is 0.0545. The second-order valence-corrected chi connectivity index (χ2v) is 16.6. The number of imidazole rings is 1. The summed E-state index contributed by atoms with van der Waals surface area (Å²) in [5, 5.41) is 8.44. The van der Waals surface area contributed by atoms with Gasteiger partial charge >= 0.3 is 0 Å². The number of hydrogen-bond acceptors (Lipinski definition) is 2. The van der Waals surface area contributed by atoms with E-state index in [9.17, 15) is 0 Å². The van der Waals surface area contributed by atoms with Gasteiger partial charge in [0.2, 0.25) is 5.95 Å². The first-order valence-corrected chi connectivity index (χ1v) is 20.4. The minimum Gasteiger partial charge on any atom is -0.279 e. The molecule has 1 aliphatic rings. The van der Waals surface area contributed by atoms with Gasteiger partial charge in [0.15, 0.2) is 0 Å². The van der Waals surface area contributed by atoms with Crippen LogP contribution >= 0.6 is 0 Å². The van der Waals surface area contributed by atoms with E-state index in [1.165, 1.54) is 76.8 Å². The third-order valence-corrected chi connectivity index (χ3v) is 13.1. The largest absolute Gasteiger partial charge is 0.279 e. The van der Waals surface area contributed by atoms with Crippen LogP contribution in [0.4, 0.5) is 0 Å². The maximum absolute atomic E-state index is 5.43. The lowest BCUT2D eigenvalue weighted by atomic mass is 9.80. The predicted octanol–water partition coefficient (Wildman–Crippen LogP) is 14.1. The van der Waals surface area contributed by atoms with E-state index in [4.69, 9.17) is 9.97 Å². The number of benzene rings is 9. The third-order valence-electron chi connectivity index (χ3n) is 13.1. The maximum atomic E-state index is 5.43. The van der Waals surface area contributed by atoms with Gasteiger partial charge in [0, 0.05) is 21.6 Å². The third kappa shape index (κ3) is 4.54. The standard InChI is InChI=1S/C55H36N4/c1-55(2)45-31-38(36-20-19-33-11-3-4-13-35(33)29-36)21-25-41(45)42-26-22-39(32-46(42)55)37-24-27-49-44(30-37)52-40-14-6-5-12-34(40)23-28-51(52)58(49)54-57-47-16-8-7-15-43(47)53-56-48-17-9-10-18-50(48)59(53)54/h3-32H,1-2H3. The van der Waals surface area contributed by atoms with Gasteiger partial charge in [0.25, 0.3) is 0 Å². The highest BCUT2D eigenvalue weighted by atomic mass is 15.2. The summed E-state index contributed by atoms with van der Waals surface area (Å²) in [6, 6.07) is 66.5. The second kappa shape index (κ2) is 11.7. The lowest BCUT2D eigenvalue weighted by Crippen LogP contribution is -2.15. The van der Waals surface area contributed by atoms with Gasteiger partial charge in [-0.05, 0) is 127 Å². The zero-order valence-electron chi connectivity index (χ0n) is 32.6. The van der Waals surface area contributed by atoms with Gasteiger partial charge < -0.3 is 0 Å². The smallest absolute Gasteiger partial charge is 0.221 e. The Hall–Kier alpha value is -7.56. The van der Waals surface area contributed by atoms with Gasteiger partial charge in [0.1, 0.15) is 5.65 Å². The van der Waals surface area contributed by atoms with Crippen LogP contribution in [0.5, 0.6) is 0 Å². The molecule has 3 heterocycles. The van der Waals surface area contributed by atoms with E-state index in [0.29, 0.717) is 0 Å². The zero-order chi connectivity index (χ0) is 39.0. The summed E-state index contributed by atoms with van der Waals surface area (Å²) < 4.78 is 4.59. The van der Waals surface area contributed by atoms with Crippen LogP contribution < -0.4 is 0 Å². The summed E-state index contributed by atoms with van der Waals surface area (Å²) in [5.74, 6) is 0.829. The molecule has 1 aliphatic carbocycles. The Morgan fingerprint density at radius 1 is 0.407 bits per heavy atom. The quantitative estimate of drug-likeness (QED) is 0.180. The summed E-state index contributed by atoms with van der Waals surface area (Å²) in [5.41, 5.74) is 16.2. The van der Waals surface area contributed by atoms with Crippen LogP contribution in [0.25, 0.3) is 110 Å². The van der Waals surface area contributed by atoms with Gasteiger partial charge in [0.05, 0.1) is 27.6 Å². The monoisotopic (exact) mass is 752 g/mol. The highest BCUT2D eigenvalue weighted by Crippen LogP contribution is 2.51. The highest BCUT2D eigenvalue weighted by molar-refractivity contribution is 6.22. The summed E-state index contributed by atoms with van der Waals surface area (Å²) in [7, 11) is 0. The maximum Gasteiger partial charge on any atom is 0.221 e. The fourth-order valence-electron chi connectivity index (χ4n) is 10.1. The molecule has 0 radical (unpaired) electrons. The lowest BCUT2D eigenvalue weighted by molar-refractivity contribution is 0.661. The molecule has 0 aliphatic heterocycles. The minimum atomic E-state index is -0.162. The number of fused-ring (bicyclic) bond motifs is 14. The van der Waals surface area contributed by atoms with Crippen molar-refractivity contribution in [1.82, 2.24) is 18.9 Å². The van der Waals surface area contributed by atoms with E-state index in [1.54, 1.807) is 0 Å². The van der Waals surface area contributed by atoms with Crippen molar-refractivity contribution in [2.75, 3.05) is 0 Å². The molecule has 0 bridgehead atoms. The molecule has 0 amide bonds. The Labute approximate surface area is 340 Å². The van der Waals surface area contributed by atoms with Crippen LogP contribution in [0.15, 0.2) is 182 Å². The second-order valence-electron chi connectivity index (χ2n) is 16.6. The number of rotatable bonds is 3. The van der Waals surface area contributed by atoms with E-state index >= 15 is 0 Å². The predicted molar refractivity (Wildman–Crippen MR) is 246 cm³/mol. The SMILES string of the molecule is CC1(C)c2cc(-c3ccc4ccccc4c3)ccc2-c2ccc(-c3ccc4c(c3)c3c5ccccc5ccc3n4-c3nc4ccccc4c4nc5ccccc5n34)cc21. The number of aromatic nitrogens is 4. The molecular formula is C55H36N4. The molecule has 12 aromatic rings. The topological polar surface area (TPSA) is 35.1 Å². The molecule has 59 heavy (non-hydrogen) atoms. The molecule has 276 valence electrons. The lowest BCUT2D eigenvalue weighted by Gasteiger charge is -2.22. The van der Waals surface area contributed by atoms with Crippen molar-refractivity contribution < 1.29 is 0 Å². The normalized spacial score (nSPS) is 13.4. The van der Waals surface area contributed by atoms with Crippen LogP contribution in [-0.4, -0.2) is 18.9 Å². The molecule has 13 rings (SSSR count). The first-order chi connectivity index (χ1) is 29.0. The number of hydrogen-bond donors (Lipinski definition) is 0. The summed E-state index contributed by atoms with van der Waals surface area (Å²) in [6.07, 6.45) is 0. The molecule has 4 heteroatoms. The Balaban J connectivity index is 1.01.